The van der Waals surface area contributed by atoms with Gasteiger partial charge < -0.3 is 4.52 Å². The molecule has 1 N–H and O–H groups in total. The van der Waals surface area contributed by atoms with Gasteiger partial charge in [0, 0.05) is 5.56 Å². The first-order valence-electron chi connectivity index (χ1n) is 4.99. The van der Waals surface area contributed by atoms with Gasteiger partial charge in [0.1, 0.15) is 6.33 Å². The van der Waals surface area contributed by atoms with Crippen molar-refractivity contribution in [3.63, 3.8) is 0 Å². The summed E-state index contributed by atoms with van der Waals surface area (Å²) in [6.45, 7) is 0. The molecule has 0 saturated carbocycles. The van der Waals surface area contributed by atoms with Crippen molar-refractivity contribution < 1.29 is 17.7 Å². The summed E-state index contributed by atoms with van der Waals surface area (Å²) < 4.78 is 43.8. The molecule has 0 fully saturated rings. The van der Waals surface area contributed by atoms with E-state index in [0.29, 0.717) is 0 Å². The molecule has 0 unspecified atom stereocenters. The van der Waals surface area contributed by atoms with Crippen LogP contribution in [0.15, 0.2) is 23.0 Å². The first-order valence-corrected chi connectivity index (χ1v) is 4.99. The van der Waals surface area contributed by atoms with E-state index in [1.807, 2.05) is 0 Å². The first kappa shape index (κ1) is 11.4. The van der Waals surface area contributed by atoms with Crippen molar-refractivity contribution in [2.45, 2.75) is 0 Å². The average molecular weight is 267 g/mol. The molecule has 19 heavy (non-hydrogen) atoms. The third-order valence-electron chi connectivity index (χ3n) is 2.28. The lowest BCUT2D eigenvalue weighted by Crippen LogP contribution is -1.92. The molecule has 1 aromatic carbocycles. The summed E-state index contributed by atoms with van der Waals surface area (Å²) in [6.07, 6.45) is 1.24. The van der Waals surface area contributed by atoms with Crippen LogP contribution in [0.3, 0.4) is 0 Å². The number of nitrogens with zero attached hydrogens (tertiary/aromatic N) is 4. The van der Waals surface area contributed by atoms with Crippen LogP contribution in [-0.2, 0) is 0 Å². The quantitative estimate of drug-likeness (QED) is 0.717. The van der Waals surface area contributed by atoms with E-state index in [1.165, 1.54) is 6.33 Å². The Morgan fingerprint density at radius 3 is 2.47 bits per heavy atom. The molecule has 2 aromatic heterocycles. The van der Waals surface area contributed by atoms with Crippen LogP contribution >= 0.6 is 0 Å². The molecular weight excluding hydrogens is 263 g/mol. The van der Waals surface area contributed by atoms with Gasteiger partial charge in [0.25, 0.3) is 5.89 Å². The standard InChI is InChI=1S/C10H4F3N5O/c11-5-1-4(2-6(12)7(5)13)10-16-9(18-19-10)8-14-3-15-17-8/h1-3H,(H,14,15,17). The van der Waals surface area contributed by atoms with Crippen LogP contribution in [-0.4, -0.2) is 25.3 Å². The maximum absolute atomic E-state index is 13.1. The Labute approximate surface area is 103 Å². The molecule has 0 amide bonds. The molecular formula is C10H4F3N5O. The van der Waals surface area contributed by atoms with Gasteiger partial charge in [-0.25, -0.2) is 18.2 Å². The van der Waals surface area contributed by atoms with Gasteiger partial charge in [-0.05, 0) is 12.1 Å². The molecule has 3 rings (SSSR count). The van der Waals surface area contributed by atoms with Gasteiger partial charge >= 0.3 is 0 Å². The maximum atomic E-state index is 13.1. The van der Waals surface area contributed by atoms with Gasteiger partial charge in [0.2, 0.25) is 5.82 Å². The van der Waals surface area contributed by atoms with Crippen molar-refractivity contribution in [1.82, 2.24) is 25.3 Å². The lowest BCUT2D eigenvalue weighted by Gasteiger charge is -1.97. The highest BCUT2D eigenvalue weighted by Gasteiger charge is 2.17. The fourth-order valence-electron chi connectivity index (χ4n) is 1.43. The van der Waals surface area contributed by atoms with E-state index in [2.05, 4.69) is 25.3 Å². The molecule has 3 aromatic rings. The first-order chi connectivity index (χ1) is 9.15. The zero-order chi connectivity index (χ0) is 13.4. The average Bonchev–Trinajstić information content (AvgIpc) is 3.05. The Bertz CT molecular complexity index is 702. The van der Waals surface area contributed by atoms with E-state index in [4.69, 9.17) is 4.52 Å². The summed E-state index contributed by atoms with van der Waals surface area (Å²) in [5.41, 5.74) is -0.0744. The summed E-state index contributed by atoms with van der Waals surface area (Å²) in [4.78, 5) is 7.65. The molecule has 0 spiro atoms. The van der Waals surface area contributed by atoms with Gasteiger partial charge in [-0.3, -0.25) is 5.10 Å². The number of aromatic amines is 1. The van der Waals surface area contributed by atoms with Crippen molar-refractivity contribution in [1.29, 1.82) is 0 Å². The van der Waals surface area contributed by atoms with E-state index in [0.717, 1.165) is 12.1 Å². The fourth-order valence-corrected chi connectivity index (χ4v) is 1.43. The predicted octanol–water partition coefficient (Wildman–Crippen LogP) is 1.94. The summed E-state index contributed by atoms with van der Waals surface area (Å²) in [7, 11) is 0. The molecule has 9 heteroatoms. The van der Waals surface area contributed by atoms with Gasteiger partial charge in [-0.15, -0.1) is 0 Å². The van der Waals surface area contributed by atoms with Crippen LogP contribution in [0.1, 0.15) is 0 Å². The topological polar surface area (TPSA) is 80.5 Å². The second kappa shape index (κ2) is 4.19. The van der Waals surface area contributed by atoms with Crippen molar-refractivity contribution >= 4 is 0 Å². The highest BCUT2D eigenvalue weighted by atomic mass is 19.2. The van der Waals surface area contributed by atoms with Gasteiger partial charge in [-0.1, -0.05) is 5.16 Å². The smallest absolute Gasteiger partial charge is 0.258 e. The molecule has 6 nitrogen and oxygen atoms in total. The SMILES string of the molecule is Fc1cc(-c2nc(-c3ncn[nH]3)no2)cc(F)c1F. The molecule has 0 radical (unpaired) electrons. The van der Waals surface area contributed by atoms with Crippen molar-refractivity contribution in [2.75, 3.05) is 0 Å². The molecule has 0 aliphatic heterocycles. The van der Waals surface area contributed by atoms with E-state index < -0.39 is 17.5 Å². The van der Waals surface area contributed by atoms with Crippen molar-refractivity contribution in [2.24, 2.45) is 0 Å². The minimum Gasteiger partial charge on any atom is -0.333 e. The molecule has 0 atom stereocenters. The zero-order valence-electron chi connectivity index (χ0n) is 9.06. The monoisotopic (exact) mass is 267 g/mol. The number of halogens is 3. The number of benzene rings is 1. The van der Waals surface area contributed by atoms with Gasteiger partial charge in [0.15, 0.2) is 23.3 Å². The number of rotatable bonds is 2. The largest absolute Gasteiger partial charge is 0.333 e. The maximum Gasteiger partial charge on any atom is 0.258 e. The zero-order valence-corrected chi connectivity index (χ0v) is 9.06. The minimum absolute atomic E-state index is 0.0673. The number of hydrogen-bond acceptors (Lipinski definition) is 5. The number of hydrogen-bond donors (Lipinski definition) is 1. The van der Waals surface area contributed by atoms with Crippen LogP contribution in [0.5, 0.6) is 0 Å². The Kier molecular flexibility index (Phi) is 2.51. The lowest BCUT2D eigenvalue weighted by molar-refractivity contribution is 0.427. The van der Waals surface area contributed by atoms with Crippen LogP contribution in [0.25, 0.3) is 23.1 Å². The highest BCUT2D eigenvalue weighted by molar-refractivity contribution is 5.56. The van der Waals surface area contributed by atoms with Crippen molar-refractivity contribution in [3.05, 3.63) is 35.9 Å². The Hall–Kier alpha value is -2.71. The Balaban J connectivity index is 2.04. The Morgan fingerprint density at radius 2 is 1.84 bits per heavy atom. The van der Waals surface area contributed by atoms with E-state index in [-0.39, 0.29) is 23.1 Å². The van der Waals surface area contributed by atoms with Crippen LogP contribution in [0.2, 0.25) is 0 Å². The third-order valence-corrected chi connectivity index (χ3v) is 2.28. The molecule has 0 bridgehead atoms. The number of nitrogens with one attached hydrogen (secondary N) is 1. The Morgan fingerprint density at radius 1 is 1.11 bits per heavy atom. The van der Waals surface area contributed by atoms with Crippen LogP contribution in [0.4, 0.5) is 13.2 Å². The summed E-state index contributed by atoms with van der Waals surface area (Å²) in [5.74, 6) is -4.09. The molecule has 0 aliphatic carbocycles. The summed E-state index contributed by atoms with van der Waals surface area (Å²) in [5, 5.41) is 9.65. The second-order valence-electron chi connectivity index (χ2n) is 3.51. The van der Waals surface area contributed by atoms with Crippen molar-refractivity contribution in [3.8, 4) is 23.1 Å². The third kappa shape index (κ3) is 1.94. The highest BCUT2D eigenvalue weighted by Crippen LogP contribution is 2.23. The van der Waals surface area contributed by atoms with E-state index in [9.17, 15) is 13.2 Å². The fraction of sp³-hybridized carbons (Fsp3) is 0. The van der Waals surface area contributed by atoms with Gasteiger partial charge in [0.05, 0.1) is 0 Å². The minimum atomic E-state index is -1.56. The van der Waals surface area contributed by atoms with Crippen LogP contribution < -0.4 is 0 Å². The molecule has 96 valence electrons. The normalized spacial score (nSPS) is 10.9. The second-order valence-corrected chi connectivity index (χ2v) is 3.51. The number of aromatic nitrogens is 5. The summed E-state index contributed by atoms with van der Waals surface area (Å²) in [6, 6.07) is 1.52. The predicted molar refractivity (Wildman–Crippen MR) is 55.0 cm³/mol. The van der Waals surface area contributed by atoms with Gasteiger partial charge in [-0.2, -0.15) is 10.1 Å². The van der Waals surface area contributed by atoms with E-state index in [1.54, 1.807) is 0 Å². The lowest BCUT2D eigenvalue weighted by atomic mass is 10.2. The molecule has 0 aliphatic rings. The van der Waals surface area contributed by atoms with E-state index >= 15 is 0 Å². The number of H-pyrrole nitrogens is 1. The molecule has 0 saturated heterocycles. The van der Waals surface area contributed by atoms with Crippen LogP contribution in [0, 0.1) is 17.5 Å². The summed E-state index contributed by atoms with van der Waals surface area (Å²) >= 11 is 0. The molecule has 2 heterocycles.